The first-order valence-corrected chi connectivity index (χ1v) is 9.33. The Hall–Kier alpha value is -2.41. The number of hydrogen-bond donors (Lipinski definition) is 1. The van der Waals surface area contributed by atoms with Crippen LogP contribution in [0.25, 0.3) is 0 Å². The van der Waals surface area contributed by atoms with Gasteiger partial charge < -0.3 is 5.32 Å². The van der Waals surface area contributed by atoms with Crippen LogP contribution < -0.4 is 10.2 Å². The first-order valence-electron chi connectivity index (χ1n) is 8.28. The van der Waals surface area contributed by atoms with Crippen molar-refractivity contribution in [2.75, 3.05) is 16.0 Å². The second-order valence-corrected chi connectivity index (χ2v) is 7.01. The third kappa shape index (κ3) is 3.88. The van der Waals surface area contributed by atoms with Crippen LogP contribution in [-0.4, -0.2) is 17.6 Å². The fourth-order valence-corrected chi connectivity index (χ4v) is 3.96. The van der Waals surface area contributed by atoms with E-state index in [1.807, 2.05) is 6.92 Å². The van der Waals surface area contributed by atoms with E-state index in [0.717, 1.165) is 24.1 Å². The summed E-state index contributed by atoms with van der Waals surface area (Å²) in [5, 5.41) is 2.40. The number of benzene rings is 2. The van der Waals surface area contributed by atoms with Crippen LogP contribution in [0.1, 0.15) is 30.7 Å². The fourth-order valence-electron chi connectivity index (χ4n) is 2.79. The number of anilines is 2. The summed E-state index contributed by atoms with van der Waals surface area (Å²) >= 11 is 1.38. The summed E-state index contributed by atoms with van der Waals surface area (Å²) in [6.45, 7) is 1.93. The van der Waals surface area contributed by atoms with E-state index in [4.69, 9.17) is 0 Å². The molecule has 3 rings (SSSR count). The van der Waals surface area contributed by atoms with Crippen LogP contribution in [0.2, 0.25) is 0 Å². The number of nitrogens with one attached hydrogen (secondary N) is 1. The molecule has 2 amide bonds. The zero-order chi connectivity index (χ0) is 18.7. The predicted octanol–water partition coefficient (Wildman–Crippen LogP) is 4.48. The molecule has 0 saturated carbocycles. The normalized spacial score (nSPS) is 16.8. The molecule has 4 nitrogen and oxygen atoms in total. The Morgan fingerprint density at radius 2 is 1.96 bits per heavy atom. The third-order valence-corrected chi connectivity index (χ3v) is 5.21. The molecule has 26 heavy (non-hydrogen) atoms. The maximum absolute atomic E-state index is 14.2. The fraction of sp³-hybridized carbons (Fsp3) is 0.263. The Kier molecular flexibility index (Phi) is 5.56. The maximum atomic E-state index is 14.2. The van der Waals surface area contributed by atoms with Gasteiger partial charge in [0.05, 0.1) is 11.4 Å². The van der Waals surface area contributed by atoms with Crippen molar-refractivity contribution in [2.45, 2.75) is 25.1 Å². The SMILES string of the molecule is CCCC(=O)Nc1ccc([C@H]2SCC(=O)N2c2ccc(F)cc2F)cc1. The number of rotatable bonds is 5. The number of hydrogen-bond acceptors (Lipinski definition) is 3. The number of carbonyl (C=O) groups excluding carboxylic acids is 2. The van der Waals surface area contributed by atoms with Gasteiger partial charge in [-0.3, -0.25) is 14.5 Å². The second kappa shape index (κ2) is 7.86. The molecule has 0 spiro atoms. The lowest BCUT2D eigenvalue weighted by Crippen LogP contribution is -2.28. The van der Waals surface area contributed by atoms with Crippen molar-refractivity contribution in [1.29, 1.82) is 0 Å². The van der Waals surface area contributed by atoms with E-state index in [1.54, 1.807) is 24.3 Å². The minimum absolute atomic E-state index is 0.0549. The monoisotopic (exact) mass is 376 g/mol. The Balaban J connectivity index is 1.83. The van der Waals surface area contributed by atoms with Gasteiger partial charge in [-0.25, -0.2) is 8.78 Å². The molecule has 1 fully saturated rings. The second-order valence-electron chi connectivity index (χ2n) is 5.94. The van der Waals surface area contributed by atoms with E-state index >= 15 is 0 Å². The number of amides is 2. The summed E-state index contributed by atoms with van der Waals surface area (Å²) in [7, 11) is 0. The minimum Gasteiger partial charge on any atom is -0.326 e. The molecule has 7 heteroatoms. The lowest BCUT2D eigenvalue weighted by molar-refractivity contribution is -0.116. The van der Waals surface area contributed by atoms with Gasteiger partial charge in [0.2, 0.25) is 11.8 Å². The topological polar surface area (TPSA) is 49.4 Å². The zero-order valence-corrected chi connectivity index (χ0v) is 15.0. The molecule has 0 aliphatic carbocycles. The highest BCUT2D eigenvalue weighted by Crippen LogP contribution is 2.42. The first-order chi connectivity index (χ1) is 12.5. The van der Waals surface area contributed by atoms with Crippen molar-refractivity contribution in [3.8, 4) is 0 Å². The average molecular weight is 376 g/mol. The predicted molar refractivity (Wildman–Crippen MR) is 99.0 cm³/mol. The van der Waals surface area contributed by atoms with E-state index < -0.39 is 17.0 Å². The summed E-state index contributed by atoms with van der Waals surface area (Å²) in [6.07, 6.45) is 1.22. The van der Waals surface area contributed by atoms with Crippen molar-refractivity contribution in [3.05, 3.63) is 59.7 Å². The van der Waals surface area contributed by atoms with Crippen molar-refractivity contribution in [2.24, 2.45) is 0 Å². The Morgan fingerprint density at radius 1 is 1.23 bits per heavy atom. The van der Waals surface area contributed by atoms with Crippen LogP contribution in [0.3, 0.4) is 0 Å². The highest BCUT2D eigenvalue weighted by molar-refractivity contribution is 8.00. The van der Waals surface area contributed by atoms with Crippen LogP contribution in [0.5, 0.6) is 0 Å². The number of nitrogens with zero attached hydrogens (tertiary/aromatic N) is 1. The quantitative estimate of drug-likeness (QED) is 0.837. The Labute approximate surface area is 154 Å². The molecule has 2 aromatic carbocycles. The number of carbonyl (C=O) groups is 2. The molecule has 0 unspecified atom stereocenters. The summed E-state index contributed by atoms with van der Waals surface area (Å²) in [5.74, 6) is -1.52. The zero-order valence-electron chi connectivity index (χ0n) is 14.2. The van der Waals surface area contributed by atoms with Crippen molar-refractivity contribution >= 4 is 35.0 Å². The summed E-state index contributed by atoms with van der Waals surface area (Å²) in [5.41, 5.74) is 1.53. The molecule has 1 saturated heterocycles. The molecular formula is C19H18F2N2O2S. The van der Waals surface area contributed by atoms with Gasteiger partial charge in [0.15, 0.2) is 0 Å². The van der Waals surface area contributed by atoms with Gasteiger partial charge in [-0.1, -0.05) is 19.1 Å². The van der Waals surface area contributed by atoms with Gasteiger partial charge in [0.25, 0.3) is 0 Å². The van der Waals surface area contributed by atoms with Gasteiger partial charge in [0.1, 0.15) is 17.0 Å². The van der Waals surface area contributed by atoms with Crippen molar-refractivity contribution in [3.63, 3.8) is 0 Å². The highest BCUT2D eigenvalue weighted by Gasteiger charge is 2.35. The first kappa shape index (κ1) is 18.4. The van der Waals surface area contributed by atoms with E-state index in [0.29, 0.717) is 12.1 Å². The third-order valence-electron chi connectivity index (χ3n) is 3.99. The van der Waals surface area contributed by atoms with E-state index in [1.165, 1.54) is 22.7 Å². The Bertz CT molecular complexity index is 827. The van der Waals surface area contributed by atoms with E-state index in [-0.39, 0.29) is 23.3 Å². The Morgan fingerprint density at radius 3 is 2.62 bits per heavy atom. The van der Waals surface area contributed by atoms with Gasteiger partial charge in [-0.2, -0.15) is 0 Å². The molecule has 1 aliphatic heterocycles. The molecule has 136 valence electrons. The number of halogens is 2. The highest BCUT2D eigenvalue weighted by atomic mass is 32.2. The van der Waals surface area contributed by atoms with Crippen LogP contribution in [-0.2, 0) is 9.59 Å². The molecule has 2 aromatic rings. The molecular weight excluding hydrogens is 358 g/mol. The van der Waals surface area contributed by atoms with E-state index in [2.05, 4.69) is 5.32 Å². The molecule has 0 aromatic heterocycles. The lowest BCUT2D eigenvalue weighted by Gasteiger charge is -2.25. The average Bonchev–Trinajstić information content (AvgIpc) is 2.97. The molecule has 0 bridgehead atoms. The molecule has 1 heterocycles. The van der Waals surface area contributed by atoms with Crippen LogP contribution in [0.4, 0.5) is 20.2 Å². The van der Waals surface area contributed by atoms with Crippen molar-refractivity contribution in [1.82, 2.24) is 0 Å². The maximum Gasteiger partial charge on any atom is 0.238 e. The van der Waals surface area contributed by atoms with Crippen LogP contribution in [0.15, 0.2) is 42.5 Å². The van der Waals surface area contributed by atoms with Crippen LogP contribution >= 0.6 is 11.8 Å². The lowest BCUT2D eigenvalue weighted by atomic mass is 10.1. The standard InChI is InChI=1S/C19H18F2N2O2S/c1-2-3-17(24)22-14-7-4-12(5-8-14)19-23(18(25)11-26-19)16-9-6-13(20)10-15(16)21/h4-10,19H,2-3,11H2,1H3,(H,22,24)/t19-/m1/s1. The minimum atomic E-state index is -0.769. The summed E-state index contributed by atoms with van der Waals surface area (Å²) in [4.78, 5) is 25.3. The van der Waals surface area contributed by atoms with Gasteiger partial charge >= 0.3 is 0 Å². The summed E-state index contributed by atoms with van der Waals surface area (Å²) < 4.78 is 27.3. The molecule has 1 N–H and O–H groups in total. The smallest absolute Gasteiger partial charge is 0.238 e. The molecule has 0 radical (unpaired) electrons. The van der Waals surface area contributed by atoms with Crippen molar-refractivity contribution < 1.29 is 18.4 Å². The van der Waals surface area contributed by atoms with Gasteiger partial charge in [-0.15, -0.1) is 11.8 Å². The van der Waals surface area contributed by atoms with Gasteiger partial charge in [0, 0.05) is 18.2 Å². The molecule has 1 aliphatic rings. The van der Waals surface area contributed by atoms with E-state index in [9.17, 15) is 18.4 Å². The summed E-state index contributed by atoms with van der Waals surface area (Å²) in [6, 6.07) is 10.3. The number of thioether (sulfide) groups is 1. The van der Waals surface area contributed by atoms with Gasteiger partial charge in [-0.05, 0) is 36.2 Å². The molecule has 1 atom stereocenters. The van der Waals surface area contributed by atoms with Crippen LogP contribution in [0, 0.1) is 11.6 Å². The largest absolute Gasteiger partial charge is 0.326 e.